The smallest absolute Gasteiger partial charge is 0.244 e. The molecule has 0 aliphatic heterocycles. The highest BCUT2D eigenvalue weighted by Gasteiger charge is 2.19. The highest BCUT2D eigenvalue weighted by molar-refractivity contribution is 5.88. The lowest BCUT2D eigenvalue weighted by Crippen LogP contribution is -2.38. The molecule has 4 nitrogen and oxygen atoms in total. The van der Waals surface area contributed by atoms with Gasteiger partial charge >= 0.3 is 0 Å². The molecule has 2 aromatic carbocycles. The van der Waals surface area contributed by atoms with Gasteiger partial charge in [0.15, 0.2) is 0 Å². The van der Waals surface area contributed by atoms with Crippen molar-refractivity contribution in [3.05, 3.63) is 71.3 Å². The number of hydrogen-bond donors (Lipinski definition) is 2. The zero-order chi connectivity index (χ0) is 15.2. The molecule has 0 aliphatic rings. The van der Waals surface area contributed by atoms with E-state index in [9.17, 15) is 9.59 Å². The Kier molecular flexibility index (Phi) is 4.72. The summed E-state index contributed by atoms with van der Waals surface area (Å²) in [5.41, 5.74) is 8.09. The van der Waals surface area contributed by atoms with E-state index in [1.807, 2.05) is 37.3 Å². The fourth-order valence-electron chi connectivity index (χ4n) is 2.07. The largest absolute Gasteiger partial charge is 0.368 e. The molecule has 0 saturated heterocycles. The number of carbonyl (C=O) groups excluding carboxylic acids is 2. The molecule has 1 atom stereocenters. The van der Waals surface area contributed by atoms with Crippen LogP contribution in [0.25, 0.3) is 0 Å². The second-order valence-corrected chi connectivity index (χ2v) is 4.98. The van der Waals surface area contributed by atoms with Crippen LogP contribution in [0, 0.1) is 6.92 Å². The molecule has 0 spiro atoms. The first-order valence-electron chi connectivity index (χ1n) is 6.75. The van der Waals surface area contributed by atoms with Crippen molar-refractivity contribution in [1.29, 1.82) is 0 Å². The van der Waals surface area contributed by atoms with Crippen molar-refractivity contribution >= 4 is 11.8 Å². The first kappa shape index (κ1) is 14.8. The molecule has 0 bridgehead atoms. The van der Waals surface area contributed by atoms with Gasteiger partial charge in [0.2, 0.25) is 11.8 Å². The van der Waals surface area contributed by atoms with Gasteiger partial charge in [-0.25, -0.2) is 0 Å². The maximum absolute atomic E-state index is 12.1. The second-order valence-electron chi connectivity index (χ2n) is 4.98. The second kappa shape index (κ2) is 6.70. The summed E-state index contributed by atoms with van der Waals surface area (Å²) in [5.74, 6) is -0.801. The monoisotopic (exact) mass is 282 g/mol. The van der Waals surface area contributed by atoms with Gasteiger partial charge in [-0.15, -0.1) is 0 Å². The summed E-state index contributed by atoms with van der Waals surface area (Å²) in [6.45, 7) is 1.99. The van der Waals surface area contributed by atoms with Gasteiger partial charge in [-0.2, -0.15) is 0 Å². The maximum atomic E-state index is 12.1. The minimum atomic E-state index is -0.802. The van der Waals surface area contributed by atoms with Crippen molar-refractivity contribution in [1.82, 2.24) is 5.32 Å². The van der Waals surface area contributed by atoms with Crippen LogP contribution >= 0.6 is 0 Å². The number of aryl methyl sites for hydroxylation is 1. The predicted molar refractivity (Wildman–Crippen MR) is 81.4 cm³/mol. The first-order chi connectivity index (χ1) is 10.1. The Balaban J connectivity index is 2.05. The maximum Gasteiger partial charge on any atom is 0.244 e. The Hall–Kier alpha value is -2.62. The van der Waals surface area contributed by atoms with E-state index in [0.29, 0.717) is 5.56 Å². The van der Waals surface area contributed by atoms with Crippen molar-refractivity contribution in [2.24, 2.45) is 5.73 Å². The molecule has 0 saturated carbocycles. The zero-order valence-corrected chi connectivity index (χ0v) is 11.9. The molecule has 2 amide bonds. The topological polar surface area (TPSA) is 72.2 Å². The van der Waals surface area contributed by atoms with Crippen LogP contribution in [-0.4, -0.2) is 11.8 Å². The van der Waals surface area contributed by atoms with Gasteiger partial charge in [0.05, 0.1) is 6.42 Å². The lowest BCUT2D eigenvalue weighted by molar-refractivity contribution is -0.127. The Morgan fingerprint density at radius 2 is 1.67 bits per heavy atom. The van der Waals surface area contributed by atoms with Crippen molar-refractivity contribution < 1.29 is 9.59 Å². The van der Waals surface area contributed by atoms with E-state index >= 15 is 0 Å². The average Bonchev–Trinajstić information content (AvgIpc) is 2.48. The van der Waals surface area contributed by atoms with Gasteiger partial charge in [-0.05, 0) is 18.1 Å². The number of nitrogens with one attached hydrogen (secondary N) is 1. The highest BCUT2D eigenvalue weighted by Crippen LogP contribution is 2.12. The molecular weight excluding hydrogens is 264 g/mol. The van der Waals surface area contributed by atoms with Crippen LogP contribution in [0.2, 0.25) is 0 Å². The lowest BCUT2D eigenvalue weighted by Gasteiger charge is -2.16. The number of amides is 2. The van der Waals surface area contributed by atoms with Crippen LogP contribution in [0.3, 0.4) is 0 Å². The van der Waals surface area contributed by atoms with Gasteiger partial charge in [0.25, 0.3) is 0 Å². The van der Waals surface area contributed by atoms with Crippen LogP contribution in [0.5, 0.6) is 0 Å². The molecule has 2 aromatic rings. The Morgan fingerprint density at radius 3 is 2.24 bits per heavy atom. The Bertz CT molecular complexity index is 621. The lowest BCUT2D eigenvalue weighted by atomic mass is 10.1. The summed E-state index contributed by atoms with van der Waals surface area (Å²) in [5, 5.41) is 2.68. The minimum absolute atomic E-state index is 0.219. The van der Waals surface area contributed by atoms with E-state index in [0.717, 1.165) is 11.1 Å². The fourth-order valence-corrected chi connectivity index (χ4v) is 2.07. The molecule has 21 heavy (non-hydrogen) atoms. The Labute approximate surface area is 124 Å². The SMILES string of the molecule is Cc1ccc(CC(=O)NC(C(N)=O)c2ccccc2)cc1. The summed E-state index contributed by atoms with van der Waals surface area (Å²) in [6.07, 6.45) is 0.219. The summed E-state index contributed by atoms with van der Waals surface area (Å²) in [4.78, 5) is 23.6. The van der Waals surface area contributed by atoms with Crippen molar-refractivity contribution in [2.75, 3.05) is 0 Å². The van der Waals surface area contributed by atoms with E-state index in [-0.39, 0.29) is 12.3 Å². The molecule has 1 unspecified atom stereocenters. The predicted octanol–water partition coefficient (Wildman–Crippen LogP) is 1.88. The number of benzene rings is 2. The van der Waals surface area contributed by atoms with Gasteiger partial charge < -0.3 is 11.1 Å². The Morgan fingerprint density at radius 1 is 1.05 bits per heavy atom. The standard InChI is InChI=1S/C17H18N2O2/c1-12-7-9-13(10-8-12)11-15(20)19-16(17(18)21)14-5-3-2-4-6-14/h2-10,16H,11H2,1H3,(H2,18,21)(H,19,20). The average molecular weight is 282 g/mol. The van der Waals surface area contributed by atoms with E-state index in [4.69, 9.17) is 5.73 Å². The molecule has 2 rings (SSSR count). The van der Waals surface area contributed by atoms with Crippen molar-refractivity contribution in [3.63, 3.8) is 0 Å². The zero-order valence-electron chi connectivity index (χ0n) is 11.9. The number of nitrogens with two attached hydrogens (primary N) is 1. The van der Waals surface area contributed by atoms with E-state index in [1.54, 1.807) is 24.3 Å². The number of hydrogen-bond acceptors (Lipinski definition) is 2. The molecule has 108 valence electrons. The van der Waals surface area contributed by atoms with Crippen LogP contribution in [0.15, 0.2) is 54.6 Å². The fraction of sp³-hybridized carbons (Fsp3) is 0.176. The first-order valence-corrected chi connectivity index (χ1v) is 6.75. The van der Waals surface area contributed by atoms with Gasteiger partial charge in [0, 0.05) is 0 Å². The molecule has 0 aliphatic carbocycles. The summed E-state index contributed by atoms with van der Waals surface area (Å²) in [7, 11) is 0. The highest BCUT2D eigenvalue weighted by atomic mass is 16.2. The molecular formula is C17H18N2O2. The van der Waals surface area contributed by atoms with Crippen LogP contribution in [-0.2, 0) is 16.0 Å². The van der Waals surface area contributed by atoms with E-state index in [2.05, 4.69) is 5.32 Å². The normalized spacial score (nSPS) is 11.7. The van der Waals surface area contributed by atoms with Crippen molar-refractivity contribution in [3.8, 4) is 0 Å². The molecule has 3 N–H and O–H groups in total. The number of primary amides is 1. The van der Waals surface area contributed by atoms with Crippen LogP contribution in [0.4, 0.5) is 0 Å². The minimum Gasteiger partial charge on any atom is -0.368 e. The van der Waals surface area contributed by atoms with Gasteiger partial charge in [-0.3, -0.25) is 9.59 Å². The van der Waals surface area contributed by atoms with E-state index < -0.39 is 11.9 Å². The van der Waals surface area contributed by atoms with Crippen LogP contribution in [0.1, 0.15) is 22.7 Å². The molecule has 0 heterocycles. The summed E-state index contributed by atoms with van der Waals surface area (Å²) >= 11 is 0. The molecule has 0 aromatic heterocycles. The summed E-state index contributed by atoms with van der Waals surface area (Å²) < 4.78 is 0. The van der Waals surface area contributed by atoms with Crippen molar-refractivity contribution in [2.45, 2.75) is 19.4 Å². The molecule has 4 heteroatoms. The van der Waals surface area contributed by atoms with Gasteiger partial charge in [-0.1, -0.05) is 60.2 Å². The summed E-state index contributed by atoms with van der Waals surface area (Å²) in [6, 6.07) is 15.9. The number of rotatable bonds is 5. The van der Waals surface area contributed by atoms with Crippen LogP contribution < -0.4 is 11.1 Å². The molecule has 0 fully saturated rings. The number of carbonyl (C=O) groups is 2. The third-order valence-corrected chi connectivity index (χ3v) is 3.21. The third-order valence-electron chi connectivity index (χ3n) is 3.21. The van der Waals surface area contributed by atoms with E-state index in [1.165, 1.54) is 0 Å². The molecule has 0 radical (unpaired) electrons. The van der Waals surface area contributed by atoms with Gasteiger partial charge in [0.1, 0.15) is 6.04 Å². The third kappa shape index (κ3) is 4.18. The quantitative estimate of drug-likeness (QED) is 0.879.